The highest BCUT2D eigenvalue weighted by atomic mass is 32.1. The van der Waals surface area contributed by atoms with Crippen LogP contribution in [0.15, 0.2) is 66.0 Å². The van der Waals surface area contributed by atoms with Gasteiger partial charge in [0.25, 0.3) is 0 Å². The molecule has 1 N–H and O–H groups in total. The van der Waals surface area contributed by atoms with Gasteiger partial charge in [0, 0.05) is 17.5 Å². The van der Waals surface area contributed by atoms with Crippen LogP contribution in [0.25, 0.3) is 10.6 Å². The number of nitrogens with one attached hydrogen (secondary N) is 1. The van der Waals surface area contributed by atoms with E-state index in [1.54, 1.807) is 11.3 Å². The summed E-state index contributed by atoms with van der Waals surface area (Å²) in [6.45, 7) is 2.29. The summed E-state index contributed by atoms with van der Waals surface area (Å²) in [6, 6.07) is 20.5. The number of nitrogens with zero attached hydrogens (tertiary/aromatic N) is 2. The Morgan fingerprint density at radius 1 is 1.11 bits per heavy atom. The second-order valence-corrected chi connectivity index (χ2v) is 7.70. The number of carbonyl (C=O) groups is 1. The molecule has 4 nitrogen and oxygen atoms in total. The number of amides is 1. The molecule has 1 aliphatic rings. The third-order valence-corrected chi connectivity index (χ3v) is 5.85. The van der Waals surface area contributed by atoms with Crippen molar-refractivity contribution in [1.29, 1.82) is 0 Å². The summed E-state index contributed by atoms with van der Waals surface area (Å²) < 4.78 is 0. The highest BCUT2D eigenvalue weighted by Gasteiger charge is 2.30. The van der Waals surface area contributed by atoms with E-state index in [0.717, 1.165) is 42.2 Å². The SMILES string of the molecule is O=C(NCc1csc(-c2ccccc2)n1)C1CCCN1Cc1ccccc1. The average Bonchev–Trinajstić information content (AvgIpc) is 3.37. The number of carbonyl (C=O) groups excluding carboxylic acids is 1. The van der Waals surface area contributed by atoms with Gasteiger partial charge in [-0.2, -0.15) is 0 Å². The molecule has 1 fully saturated rings. The largest absolute Gasteiger partial charge is 0.349 e. The van der Waals surface area contributed by atoms with Crippen LogP contribution in [0.3, 0.4) is 0 Å². The number of hydrogen-bond acceptors (Lipinski definition) is 4. The lowest BCUT2D eigenvalue weighted by molar-refractivity contribution is -0.125. The van der Waals surface area contributed by atoms with Crippen LogP contribution in [-0.4, -0.2) is 28.4 Å². The van der Waals surface area contributed by atoms with E-state index in [0.29, 0.717) is 6.54 Å². The summed E-state index contributed by atoms with van der Waals surface area (Å²) in [6.07, 6.45) is 1.99. The van der Waals surface area contributed by atoms with Crippen molar-refractivity contribution in [2.24, 2.45) is 0 Å². The summed E-state index contributed by atoms with van der Waals surface area (Å²) in [5.41, 5.74) is 3.29. The predicted molar refractivity (Wildman–Crippen MR) is 109 cm³/mol. The van der Waals surface area contributed by atoms with Crippen molar-refractivity contribution in [2.45, 2.75) is 32.0 Å². The van der Waals surface area contributed by atoms with Crippen molar-refractivity contribution >= 4 is 17.2 Å². The summed E-state index contributed by atoms with van der Waals surface area (Å²) in [4.78, 5) is 19.7. The molecule has 138 valence electrons. The molecule has 1 unspecified atom stereocenters. The molecule has 4 rings (SSSR count). The molecule has 5 heteroatoms. The molecule has 2 aromatic carbocycles. The van der Waals surface area contributed by atoms with Gasteiger partial charge in [0.05, 0.1) is 18.3 Å². The van der Waals surface area contributed by atoms with Crippen LogP contribution < -0.4 is 5.32 Å². The number of benzene rings is 2. The van der Waals surface area contributed by atoms with Crippen molar-refractivity contribution < 1.29 is 4.79 Å². The maximum absolute atomic E-state index is 12.7. The van der Waals surface area contributed by atoms with Crippen LogP contribution in [0.2, 0.25) is 0 Å². The molecular weight excluding hydrogens is 354 g/mol. The third kappa shape index (κ3) is 4.43. The average molecular weight is 378 g/mol. The summed E-state index contributed by atoms with van der Waals surface area (Å²) in [7, 11) is 0. The van der Waals surface area contributed by atoms with Crippen LogP contribution in [0, 0.1) is 0 Å². The summed E-state index contributed by atoms with van der Waals surface area (Å²) >= 11 is 1.62. The van der Waals surface area contributed by atoms with E-state index in [9.17, 15) is 4.79 Å². The van der Waals surface area contributed by atoms with Crippen molar-refractivity contribution in [3.63, 3.8) is 0 Å². The first kappa shape index (κ1) is 17.9. The quantitative estimate of drug-likeness (QED) is 0.704. The zero-order chi connectivity index (χ0) is 18.5. The molecule has 2 heterocycles. The van der Waals surface area contributed by atoms with E-state index < -0.39 is 0 Å². The maximum Gasteiger partial charge on any atom is 0.237 e. The van der Waals surface area contributed by atoms with Crippen LogP contribution in [0.5, 0.6) is 0 Å². The van der Waals surface area contributed by atoms with Crippen molar-refractivity contribution in [1.82, 2.24) is 15.2 Å². The zero-order valence-corrected chi connectivity index (χ0v) is 16.0. The summed E-state index contributed by atoms with van der Waals surface area (Å²) in [5, 5.41) is 6.10. The fraction of sp³-hybridized carbons (Fsp3) is 0.273. The minimum absolute atomic E-state index is 0.0440. The Bertz CT molecular complexity index is 879. The second kappa shape index (κ2) is 8.46. The van der Waals surface area contributed by atoms with Gasteiger partial charge < -0.3 is 5.32 Å². The van der Waals surface area contributed by atoms with Gasteiger partial charge in [0.1, 0.15) is 5.01 Å². The van der Waals surface area contributed by atoms with E-state index >= 15 is 0 Å². The predicted octanol–water partition coefficient (Wildman–Crippen LogP) is 4.09. The minimum atomic E-state index is -0.0440. The minimum Gasteiger partial charge on any atom is -0.349 e. The van der Waals surface area contributed by atoms with Crippen molar-refractivity contribution in [3.8, 4) is 10.6 Å². The molecule has 1 atom stereocenters. The maximum atomic E-state index is 12.7. The third-order valence-electron chi connectivity index (χ3n) is 4.91. The van der Waals surface area contributed by atoms with Crippen molar-refractivity contribution in [2.75, 3.05) is 6.54 Å². The Kier molecular flexibility index (Phi) is 5.61. The highest BCUT2D eigenvalue weighted by Crippen LogP contribution is 2.24. The number of aromatic nitrogens is 1. The molecule has 0 radical (unpaired) electrons. The van der Waals surface area contributed by atoms with E-state index in [1.807, 2.05) is 41.8 Å². The van der Waals surface area contributed by atoms with Gasteiger partial charge in [-0.1, -0.05) is 60.7 Å². The second-order valence-electron chi connectivity index (χ2n) is 6.84. The zero-order valence-electron chi connectivity index (χ0n) is 15.2. The van der Waals surface area contributed by atoms with Crippen LogP contribution in [-0.2, 0) is 17.9 Å². The lowest BCUT2D eigenvalue weighted by atomic mass is 10.1. The topological polar surface area (TPSA) is 45.2 Å². The fourth-order valence-corrected chi connectivity index (χ4v) is 4.35. The molecule has 0 bridgehead atoms. The van der Waals surface area contributed by atoms with E-state index in [-0.39, 0.29) is 11.9 Å². The van der Waals surface area contributed by atoms with Gasteiger partial charge >= 0.3 is 0 Å². The molecule has 1 aromatic heterocycles. The molecular formula is C22H23N3OS. The number of likely N-dealkylation sites (tertiary alicyclic amines) is 1. The normalized spacial score (nSPS) is 17.1. The number of hydrogen-bond donors (Lipinski definition) is 1. The molecule has 1 amide bonds. The Morgan fingerprint density at radius 3 is 2.63 bits per heavy atom. The first-order chi connectivity index (χ1) is 13.3. The number of rotatable bonds is 6. The molecule has 1 aliphatic heterocycles. The van der Waals surface area contributed by atoms with Gasteiger partial charge in [-0.05, 0) is 24.9 Å². The van der Waals surface area contributed by atoms with Crippen molar-refractivity contribution in [3.05, 3.63) is 77.3 Å². The highest BCUT2D eigenvalue weighted by molar-refractivity contribution is 7.13. The standard InChI is InChI=1S/C22H23N3OS/c26-21(20-12-7-13-25(20)15-17-8-3-1-4-9-17)23-14-19-16-27-22(24-19)18-10-5-2-6-11-18/h1-6,8-11,16,20H,7,12-15H2,(H,23,26). The van der Waals surface area contributed by atoms with Gasteiger partial charge in [-0.3, -0.25) is 9.69 Å². The Balaban J connectivity index is 1.34. The monoisotopic (exact) mass is 377 g/mol. The summed E-state index contributed by atoms with van der Waals surface area (Å²) in [5.74, 6) is 0.109. The lowest BCUT2D eigenvalue weighted by Gasteiger charge is -2.23. The van der Waals surface area contributed by atoms with Crippen LogP contribution in [0.4, 0.5) is 0 Å². The Hall–Kier alpha value is -2.50. The molecule has 3 aromatic rings. The molecule has 27 heavy (non-hydrogen) atoms. The Labute approximate surface area is 163 Å². The molecule has 1 saturated heterocycles. The smallest absolute Gasteiger partial charge is 0.237 e. The molecule has 0 aliphatic carbocycles. The van der Waals surface area contributed by atoms with Gasteiger partial charge in [0.15, 0.2) is 0 Å². The van der Waals surface area contributed by atoms with E-state index in [2.05, 4.69) is 39.5 Å². The first-order valence-corrected chi connectivity index (χ1v) is 10.2. The number of thiazole rings is 1. The Morgan fingerprint density at radius 2 is 1.85 bits per heavy atom. The van der Waals surface area contributed by atoms with E-state index in [1.165, 1.54) is 5.56 Å². The van der Waals surface area contributed by atoms with Crippen LogP contribution in [0.1, 0.15) is 24.1 Å². The fourth-order valence-electron chi connectivity index (χ4n) is 3.53. The van der Waals surface area contributed by atoms with Gasteiger partial charge in [-0.15, -0.1) is 11.3 Å². The van der Waals surface area contributed by atoms with Crippen LogP contribution >= 0.6 is 11.3 Å². The van der Waals surface area contributed by atoms with Gasteiger partial charge in [0.2, 0.25) is 5.91 Å². The lowest BCUT2D eigenvalue weighted by Crippen LogP contribution is -2.42. The first-order valence-electron chi connectivity index (χ1n) is 9.35. The molecule has 0 saturated carbocycles. The molecule has 0 spiro atoms. The van der Waals surface area contributed by atoms with E-state index in [4.69, 9.17) is 0 Å². The van der Waals surface area contributed by atoms with Gasteiger partial charge in [-0.25, -0.2) is 4.98 Å².